The molecule has 0 unspecified atom stereocenters. The number of hydrogen-bond donors (Lipinski definition) is 1. The van der Waals surface area contributed by atoms with Gasteiger partial charge in [0.25, 0.3) is 0 Å². The molecule has 3 aromatic rings. The number of rotatable bonds is 5. The quantitative estimate of drug-likeness (QED) is 0.736. The molecule has 27 heavy (non-hydrogen) atoms. The smallest absolute Gasteiger partial charge is 0.317 e. The summed E-state index contributed by atoms with van der Waals surface area (Å²) < 4.78 is 1.66. The predicted molar refractivity (Wildman–Crippen MR) is 105 cm³/mol. The van der Waals surface area contributed by atoms with Crippen molar-refractivity contribution in [3.63, 3.8) is 0 Å². The normalized spacial score (nSPS) is 14.4. The van der Waals surface area contributed by atoms with E-state index in [0.717, 1.165) is 25.1 Å². The summed E-state index contributed by atoms with van der Waals surface area (Å²) in [6.45, 7) is 4.30. The highest BCUT2D eigenvalue weighted by molar-refractivity contribution is 6.33. The van der Waals surface area contributed by atoms with Crippen LogP contribution in [0.15, 0.2) is 42.9 Å². The number of urea groups is 1. The highest BCUT2D eigenvalue weighted by Gasteiger charge is 2.30. The number of carbonyl (C=O) groups excluding carboxylic acids is 1. The Hall–Kier alpha value is -2.60. The van der Waals surface area contributed by atoms with E-state index in [2.05, 4.69) is 46.6 Å². The van der Waals surface area contributed by atoms with Crippen LogP contribution in [0.4, 0.5) is 4.79 Å². The molecular formula is C20H22ClN5O. The maximum Gasteiger partial charge on any atom is 0.317 e. The fourth-order valence-corrected chi connectivity index (χ4v) is 3.54. The van der Waals surface area contributed by atoms with Crippen molar-refractivity contribution in [2.24, 2.45) is 5.92 Å². The fraction of sp³-hybridized carbons (Fsp3) is 0.350. The van der Waals surface area contributed by atoms with Crippen LogP contribution in [0.1, 0.15) is 16.7 Å². The van der Waals surface area contributed by atoms with E-state index in [1.165, 1.54) is 11.1 Å². The molecular weight excluding hydrogens is 362 g/mol. The Morgan fingerprint density at radius 1 is 1.22 bits per heavy atom. The SMILES string of the molecule is Cc1ccc(CC2CN(C(=O)NCCc3cnc4c(Cl)cnn4c3)C2)cc1. The van der Waals surface area contributed by atoms with Gasteiger partial charge in [0.05, 0.1) is 6.20 Å². The lowest BCUT2D eigenvalue weighted by Crippen LogP contribution is -2.54. The van der Waals surface area contributed by atoms with Gasteiger partial charge in [0.2, 0.25) is 0 Å². The molecule has 2 amide bonds. The van der Waals surface area contributed by atoms with Gasteiger partial charge in [0.15, 0.2) is 5.65 Å². The van der Waals surface area contributed by atoms with Crippen molar-refractivity contribution in [2.45, 2.75) is 19.8 Å². The van der Waals surface area contributed by atoms with Crippen molar-refractivity contribution in [2.75, 3.05) is 19.6 Å². The van der Waals surface area contributed by atoms with Crippen LogP contribution >= 0.6 is 11.6 Å². The summed E-state index contributed by atoms with van der Waals surface area (Å²) in [4.78, 5) is 18.4. The molecule has 0 spiro atoms. The first-order chi connectivity index (χ1) is 13.1. The van der Waals surface area contributed by atoms with E-state index in [1.807, 2.05) is 11.1 Å². The number of aromatic nitrogens is 3. The minimum Gasteiger partial charge on any atom is -0.338 e. The Labute approximate surface area is 163 Å². The van der Waals surface area contributed by atoms with Crippen LogP contribution in [-0.2, 0) is 12.8 Å². The molecule has 2 aromatic heterocycles. The van der Waals surface area contributed by atoms with Crippen molar-refractivity contribution >= 4 is 23.3 Å². The molecule has 1 saturated heterocycles. The molecule has 1 aliphatic rings. The second kappa shape index (κ2) is 7.56. The van der Waals surface area contributed by atoms with Gasteiger partial charge >= 0.3 is 6.03 Å². The van der Waals surface area contributed by atoms with Crippen molar-refractivity contribution < 1.29 is 4.79 Å². The summed E-state index contributed by atoms with van der Waals surface area (Å²) in [5.74, 6) is 0.551. The van der Waals surface area contributed by atoms with Crippen molar-refractivity contribution in [3.05, 3.63) is 64.6 Å². The molecule has 4 rings (SSSR count). The minimum atomic E-state index is 0.00586. The van der Waals surface area contributed by atoms with E-state index in [1.54, 1.807) is 16.9 Å². The number of benzene rings is 1. The first-order valence-electron chi connectivity index (χ1n) is 9.14. The number of nitrogens with zero attached hydrogens (tertiary/aromatic N) is 4. The van der Waals surface area contributed by atoms with Crippen LogP contribution in [0.5, 0.6) is 0 Å². The van der Waals surface area contributed by atoms with E-state index in [-0.39, 0.29) is 6.03 Å². The lowest BCUT2D eigenvalue weighted by atomic mass is 9.92. The fourth-order valence-electron chi connectivity index (χ4n) is 3.36. The van der Waals surface area contributed by atoms with Crippen LogP contribution in [0.25, 0.3) is 5.65 Å². The van der Waals surface area contributed by atoms with Gasteiger partial charge in [-0.1, -0.05) is 41.4 Å². The topological polar surface area (TPSA) is 62.5 Å². The number of nitrogens with one attached hydrogen (secondary N) is 1. The highest BCUT2D eigenvalue weighted by Crippen LogP contribution is 2.20. The van der Waals surface area contributed by atoms with Gasteiger partial charge in [0.1, 0.15) is 5.02 Å². The summed E-state index contributed by atoms with van der Waals surface area (Å²) in [7, 11) is 0. The van der Waals surface area contributed by atoms with Crippen LogP contribution < -0.4 is 5.32 Å². The average molecular weight is 384 g/mol. The van der Waals surface area contributed by atoms with Gasteiger partial charge in [0, 0.05) is 32.0 Å². The zero-order valence-corrected chi connectivity index (χ0v) is 16.0. The van der Waals surface area contributed by atoms with Crippen LogP contribution in [-0.4, -0.2) is 45.2 Å². The zero-order chi connectivity index (χ0) is 18.8. The number of aryl methyl sites for hydroxylation is 1. The van der Waals surface area contributed by atoms with E-state index in [0.29, 0.717) is 29.6 Å². The minimum absolute atomic E-state index is 0.00586. The van der Waals surface area contributed by atoms with E-state index >= 15 is 0 Å². The van der Waals surface area contributed by atoms with Gasteiger partial charge in [-0.3, -0.25) is 0 Å². The number of amides is 2. The summed E-state index contributed by atoms with van der Waals surface area (Å²) in [6.07, 6.45) is 6.97. The molecule has 1 N–H and O–H groups in total. The second-order valence-corrected chi connectivity index (χ2v) is 7.57. The van der Waals surface area contributed by atoms with Crippen molar-refractivity contribution in [1.29, 1.82) is 0 Å². The predicted octanol–water partition coefficient (Wildman–Crippen LogP) is 3.12. The summed E-state index contributed by atoms with van der Waals surface area (Å²) in [5.41, 5.74) is 4.26. The molecule has 7 heteroatoms. The van der Waals surface area contributed by atoms with Gasteiger partial charge in [-0.05, 0) is 36.8 Å². The molecule has 6 nitrogen and oxygen atoms in total. The molecule has 1 aromatic carbocycles. The van der Waals surface area contributed by atoms with Gasteiger partial charge in [-0.25, -0.2) is 14.3 Å². The Kier molecular flexibility index (Phi) is 4.99. The molecule has 140 valence electrons. The summed E-state index contributed by atoms with van der Waals surface area (Å²) in [5, 5.41) is 7.66. The highest BCUT2D eigenvalue weighted by atomic mass is 35.5. The number of halogens is 1. The number of carbonyl (C=O) groups is 1. The summed E-state index contributed by atoms with van der Waals surface area (Å²) >= 11 is 5.99. The first kappa shape index (κ1) is 17.8. The van der Waals surface area contributed by atoms with E-state index in [9.17, 15) is 4.79 Å². The molecule has 0 aliphatic carbocycles. The molecule has 1 aliphatic heterocycles. The Morgan fingerprint density at radius 2 is 2.00 bits per heavy atom. The van der Waals surface area contributed by atoms with Gasteiger partial charge in [-0.2, -0.15) is 5.10 Å². The number of hydrogen-bond acceptors (Lipinski definition) is 3. The third-order valence-corrected chi connectivity index (χ3v) is 5.21. The molecule has 1 fully saturated rings. The Morgan fingerprint density at radius 3 is 2.78 bits per heavy atom. The molecule has 0 saturated carbocycles. The Bertz CT molecular complexity index is 947. The van der Waals surface area contributed by atoms with E-state index < -0.39 is 0 Å². The van der Waals surface area contributed by atoms with E-state index in [4.69, 9.17) is 11.6 Å². The lowest BCUT2D eigenvalue weighted by molar-refractivity contribution is 0.121. The Balaban J connectivity index is 1.20. The number of likely N-dealkylation sites (tertiary alicyclic amines) is 1. The number of fused-ring (bicyclic) bond motifs is 1. The molecule has 0 atom stereocenters. The third-order valence-electron chi connectivity index (χ3n) is 4.95. The standard InChI is InChI=1S/C20H22ClN5O/c1-14-2-4-15(5-3-14)8-17-11-25(12-17)20(27)22-7-6-16-9-23-19-18(21)10-24-26(19)13-16/h2-5,9-10,13,17H,6-8,11-12H2,1H3,(H,22,27). The largest absolute Gasteiger partial charge is 0.338 e. The summed E-state index contributed by atoms with van der Waals surface area (Å²) in [6, 6.07) is 8.64. The maximum absolute atomic E-state index is 12.2. The average Bonchev–Trinajstić information content (AvgIpc) is 3.00. The monoisotopic (exact) mass is 383 g/mol. The third kappa shape index (κ3) is 4.06. The van der Waals surface area contributed by atoms with Crippen LogP contribution in [0, 0.1) is 12.8 Å². The maximum atomic E-state index is 12.2. The van der Waals surface area contributed by atoms with Crippen LogP contribution in [0.2, 0.25) is 5.02 Å². The molecule has 0 bridgehead atoms. The van der Waals surface area contributed by atoms with Crippen LogP contribution in [0.3, 0.4) is 0 Å². The zero-order valence-electron chi connectivity index (χ0n) is 15.2. The van der Waals surface area contributed by atoms with Gasteiger partial charge < -0.3 is 10.2 Å². The molecule has 0 radical (unpaired) electrons. The lowest BCUT2D eigenvalue weighted by Gasteiger charge is -2.39. The second-order valence-electron chi connectivity index (χ2n) is 7.17. The van der Waals surface area contributed by atoms with Crippen molar-refractivity contribution in [1.82, 2.24) is 24.8 Å². The first-order valence-corrected chi connectivity index (χ1v) is 9.52. The molecule has 3 heterocycles. The van der Waals surface area contributed by atoms with Crippen molar-refractivity contribution in [3.8, 4) is 0 Å². The van der Waals surface area contributed by atoms with Gasteiger partial charge in [-0.15, -0.1) is 0 Å².